The number of carbonyl (C=O) groups is 3. The normalized spacial score (nSPS) is 27.8. The Balaban J connectivity index is 1.76. The maximum atomic E-state index is 14.3. The summed E-state index contributed by atoms with van der Waals surface area (Å²) >= 11 is 0. The first-order valence-electron chi connectivity index (χ1n) is 37.8. The van der Waals surface area contributed by atoms with E-state index in [2.05, 4.69) is 32.9 Å². The van der Waals surface area contributed by atoms with Crippen molar-refractivity contribution >= 4 is 25.7 Å². The van der Waals surface area contributed by atoms with Gasteiger partial charge in [0.05, 0.1) is 13.2 Å². The highest BCUT2D eigenvalue weighted by Gasteiger charge is 2.58. The van der Waals surface area contributed by atoms with Gasteiger partial charge < -0.3 is 89.1 Å². The zero-order valence-corrected chi connectivity index (χ0v) is 60.5. The SMILES string of the molecule is CCCCCCCCC/C=C\CCCCCC(=O)OCC(COP(=O)(O)OC1C(OC2OC(CO)C(O)C(O)C2O)C(O)C(O)C(O)C1OC1OC(COC(=O)CCCCCCCCCCCCCCCC)C(O)C(O)C1O)OC(=O)/C=C/C=C/CCCCCCCCCCCCC. The van der Waals surface area contributed by atoms with E-state index in [9.17, 15) is 74.9 Å². The van der Waals surface area contributed by atoms with E-state index >= 15 is 0 Å². The summed E-state index contributed by atoms with van der Waals surface area (Å²) in [5.41, 5.74) is 0. The summed E-state index contributed by atoms with van der Waals surface area (Å²) in [7, 11) is -5.73. The van der Waals surface area contributed by atoms with Gasteiger partial charge in [0, 0.05) is 18.9 Å². The molecule has 18 atom stereocenters. The number of aliphatic hydroxyl groups excluding tert-OH is 10. The van der Waals surface area contributed by atoms with Crippen LogP contribution in [0, 0.1) is 0 Å². The molecule has 3 aliphatic rings. The minimum Gasteiger partial charge on any atom is -0.463 e. The standard InChI is InChI=1S/C73H131O24P/c1-4-7-10-13-16-19-22-25-28-31-34-37-40-43-46-49-59(77)92-54(51-89-57(75)47-44-41-38-35-32-29-26-23-20-17-14-11-8-5-2)52-91-98(87,88)97-71-69(95-72-67(85)62(80)60(78)55(50-74)93-72)65(83)64(82)66(84)70(71)96-73-68(86)63(81)61(79)56(94-73)53-90-58(76)48-45-42-39-36-33-30-27-24-21-18-15-12-9-6-3/h29,32,40,43,46,49,54-56,60-74,78-86H,4-28,30-31,33-39,41-42,44-45,47-48,50-53H2,1-3H3,(H,87,88)/b32-29-,43-40+,49-46+. The summed E-state index contributed by atoms with van der Waals surface area (Å²) in [4.78, 5) is 50.8. The number of phosphoric acid groups is 1. The van der Waals surface area contributed by atoms with E-state index in [1.807, 2.05) is 6.08 Å². The minimum atomic E-state index is -5.73. The van der Waals surface area contributed by atoms with Gasteiger partial charge in [0.25, 0.3) is 0 Å². The molecule has 18 unspecified atom stereocenters. The van der Waals surface area contributed by atoms with Crippen LogP contribution in [-0.2, 0) is 61.2 Å². The lowest BCUT2D eigenvalue weighted by atomic mass is 9.84. The van der Waals surface area contributed by atoms with Crippen LogP contribution in [0.3, 0.4) is 0 Å². The molecule has 572 valence electrons. The molecule has 3 rings (SSSR count). The van der Waals surface area contributed by atoms with E-state index < -0.39 is 156 Å². The highest BCUT2D eigenvalue weighted by Crippen LogP contribution is 2.49. The molecule has 2 aliphatic heterocycles. The molecule has 11 N–H and O–H groups in total. The Kier molecular flexibility index (Phi) is 50.0. The topological polar surface area (TPSA) is 374 Å². The quantitative estimate of drug-likeness (QED) is 0.00513. The fourth-order valence-electron chi connectivity index (χ4n) is 12.3. The van der Waals surface area contributed by atoms with Gasteiger partial charge in [-0.3, -0.25) is 18.6 Å². The van der Waals surface area contributed by atoms with Crippen molar-refractivity contribution in [2.45, 2.75) is 382 Å². The Morgan fingerprint density at radius 2 is 0.786 bits per heavy atom. The van der Waals surface area contributed by atoms with Crippen molar-refractivity contribution in [2.24, 2.45) is 0 Å². The molecule has 25 heteroatoms. The maximum absolute atomic E-state index is 14.3. The number of unbranched alkanes of at least 4 members (excludes halogenated alkanes) is 34. The molecule has 24 nitrogen and oxygen atoms in total. The Morgan fingerprint density at radius 1 is 0.418 bits per heavy atom. The van der Waals surface area contributed by atoms with Crippen LogP contribution in [0.1, 0.15) is 278 Å². The fraction of sp³-hybridized carbons (Fsp3) is 0.877. The summed E-state index contributed by atoms with van der Waals surface area (Å²) in [6, 6.07) is 0. The van der Waals surface area contributed by atoms with Crippen molar-refractivity contribution in [1.29, 1.82) is 0 Å². The molecule has 0 aromatic carbocycles. The van der Waals surface area contributed by atoms with E-state index in [-0.39, 0.29) is 12.8 Å². The molecule has 0 aromatic heterocycles. The van der Waals surface area contributed by atoms with Crippen LogP contribution in [-0.4, -0.2) is 204 Å². The zero-order valence-electron chi connectivity index (χ0n) is 59.6. The van der Waals surface area contributed by atoms with E-state index in [1.54, 1.807) is 6.08 Å². The van der Waals surface area contributed by atoms with E-state index in [1.165, 1.54) is 147 Å². The van der Waals surface area contributed by atoms with Gasteiger partial charge in [-0.25, -0.2) is 9.36 Å². The number of esters is 3. The predicted molar refractivity (Wildman–Crippen MR) is 370 cm³/mol. The largest absolute Gasteiger partial charge is 0.472 e. The fourth-order valence-corrected chi connectivity index (χ4v) is 13.3. The van der Waals surface area contributed by atoms with Gasteiger partial charge in [0.2, 0.25) is 0 Å². The van der Waals surface area contributed by atoms with Crippen molar-refractivity contribution in [3.63, 3.8) is 0 Å². The molecule has 0 spiro atoms. The molecular weight excluding hydrogens is 1290 g/mol. The van der Waals surface area contributed by atoms with Crippen LogP contribution >= 0.6 is 7.82 Å². The first-order valence-corrected chi connectivity index (χ1v) is 39.3. The predicted octanol–water partition coefficient (Wildman–Crippen LogP) is 10.3. The smallest absolute Gasteiger partial charge is 0.463 e. The Labute approximate surface area is 585 Å². The van der Waals surface area contributed by atoms with Crippen molar-refractivity contribution in [2.75, 3.05) is 26.4 Å². The molecule has 0 aromatic rings. The van der Waals surface area contributed by atoms with E-state index in [0.717, 1.165) is 96.0 Å². The van der Waals surface area contributed by atoms with Crippen LogP contribution in [0.2, 0.25) is 0 Å². The molecule has 0 radical (unpaired) electrons. The number of rotatable bonds is 58. The van der Waals surface area contributed by atoms with Gasteiger partial charge in [-0.1, -0.05) is 244 Å². The van der Waals surface area contributed by atoms with E-state index in [4.69, 9.17) is 42.2 Å². The number of hydrogen-bond donors (Lipinski definition) is 11. The van der Waals surface area contributed by atoms with Crippen LogP contribution < -0.4 is 0 Å². The van der Waals surface area contributed by atoms with Crippen LogP contribution in [0.5, 0.6) is 0 Å². The highest BCUT2D eigenvalue weighted by atomic mass is 31.2. The molecule has 3 fully saturated rings. The Hall–Kier alpha value is -2.82. The number of hydrogen-bond acceptors (Lipinski definition) is 23. The summed E-state index contributed by atoms with van der Waals surface area (Å²) in [6.45, 7) is 3.32. The van der Waals surface area contributed by atoms with Crippen molar-refractivity contribution in [3.8, 4) is 0 Å². The summed E-state index contributed by atoms with van der Waals surface area (Å²) < 4.78 is 64.7. The highest BCUT2D eigenvalue weighted by molar-refractivity contribution is 7.47. The molecular formula is C73H131O24P. The first-order chi connectivity index (χ1) is 47.3. The monoisotopic (exact) mass is 1420 g/mol. The van der Waals surface area contributed by atoms with Crippen molar-refractivity contribution in [1.82, 2.24) is 0 Å². The average Bonchev–Trinajstić information content (AvgIpc) is 0.763. The number of phosphoric ester groups is 1. The lowest BCUT2D eigenvalue weighted by Gasteiger charge is -2.49. The van der Waals surface area contributed by atoms with Gasteiger partial charge in [0.1, 0.15) is 98.7 Å². The summed E-state index contributed by atoms with van der Waals surface area (Å²) in [6.07, 6.45) is 17.1. The second-order valence-electron chi connectivity index (χ2n) is 27.1. The molecule has 0 bridgehead atoms. The molecule has 2 saturated heterocycles. The summed E-state index contributed by atoms with van der Waals surface area (Å²) in [5, 5.41) is 110. The average molecular weight is 1420 g/mol. The number of carbonyl (C=O) groups excluding carboxylic acids is 3. The minimum absolute atomic E-state index is 0.00492. The van der Waals surface area contributed by atoms with Gasteiger partial charge in [-0.05, 0) is 51.4 Å². The second kappa shape index (κ2) is 54.8. The third-order valence-corrected chi connectivity index (χ3v) is 19.5. The van der Waals surface area contributed by atoms with Gasteiger partial charge in [0.15, 0.2) is 18.7 Å². The molecule has 1 saturated carbocycles. The lowest BCUT2D eigenvalue weighted by molar-refractivity contribution is -0.360. The molecule has 98 heavy (non-hydrogen) atoms. The van der Waals surface area contributed by atoms with Crippen LogP contribution in [0.25, 0.3) is 0 Å². The third kappa shape index (κ3) is 37.6. The maximum Gasteiger partial charge on any atom is 0.472 e. The number of allylic oxidation sites excluding steroid dienone is 5. The summed E-state index contributed by atoms with van der Waals surface area (Å²) in [5.74, 6) is -2.26. The third-order valence-electron chi connectivity index (χ3n) is 18.5. The lowest BCUT2D eigenvalue weighted by Crippen LogP contribution is -2.69. The number of aliphatic hydroxyl groups is 10. The Bertz CT molecular complexity index is 2170. The first kappa shape index (κ1) is 89.4. The Morgan fingerprint density at radius 3 is 1.22 bits per heavy atom. The van der Waals surface area contributed by atoms with Gasteiger partial charge in [-0.2, -0.15) is 0 Å². The van der Waals surface area contributed by atoms with Gasteiger partial charge >= 0.3 is 25.7 Å². The van der Waals surface area contributed by atoms with E-state index in [0.29, 0.717) is 12.8 Å². The molecule has 1 aliphatic carbocycles. The van der Waals surface area contributed by atoms with Crippen LogP contribution in [0.4, 0.5) is 0 Å². The molecule has 2 heterocycles. The van der Waals surface area contributed by atoms with Crippen molar-refractivity contribution < 1.29 is 117 Å². The second-order valence-corrected chi connectivity index (χ2v) is 28.5. The van der Waals surface area contributed by atoms with Crippen molar-refractivity contribution in [3.05, 3.63) is 36.5 Å². The zero-order chi connectivity index (χ0) is 71.8. The van der Waals surface area contributed by atoms with Crippen LogP contribution in [0.15, 0.2) is 36.5 Å². The van der Waals surface area contributed by atoms with Gasteiger partial charge in [-0.15, -0.1) is 0 Å². The molecule has 0 amide bonds. The number of ether oxygens (including phenoxy) is 7.